The first-order valence-corrected chi connectivity index (χ1v) is 12.0. The Kier molecular flexibility index (Phi) is 6.69. The fourth-order valence-electron chi connectivity index (χ4n) is 4.23. The molecule has 0 atom stereocenters. The normalized spacial score (nSPS) is 13.2. The van der Waals surface area contributed by atoms with Gasteiger partial charge in [0.2, 0.25) is 5.91 Å². The molecule has 7 nitrogen and oxygen atoms in total. The molecule has 0 unspecified atom stereocenters. The summed E-state index contributed by atoms with van der Waals surface area (Å²) in [4.78, 5) is 31.9. The minimum absolute atomic E-state index is 0.000747. The van der Waals surface area contributed by atoms with E-state index in [9.17, 15) is 9.59 Å². The summed E-state index contributed by atoms with van der Waals surface area (Å²) in [5, 5.41) is 11.5. The van der Waals surface area contributed by atoms with Gasteiger partial charge in [0.25, 0.3) is 5.91 Å². The maximum Gasteiger partial charge on any atom is 0.272 e. The number of pyridine rings is 1. The van der Waals surface area contributed by atoms with Gasteiger partial charge in [0, 0.05) is 38.6 Å². The molecule has 32 heavy (non-hydrogen) atoms. The van der Waals surface area contributed by atoms with Gasteiger partial charge in [-0.1, -0.05) is 13.3 Å². The SMILES string of the molecule is CCCc1cc(C(=O)N2CCc3c(cnc(C)c3CNC(=O)Cc3ccsc3)C2)n(C)n1. The molecule has 0 radical (unpaired) electrons. The van der Waals surface area contributed by atoms with Crippen molar-refractivity contribution in [2.45, 2.75) is 52.6 Å². The van der Waals surface area contributed by atoms with E-state index in [2.05, 4.69) is 22.3 Å². The van der Waals surface area contributed by atoms with Crippen LogP contribution in [-0.4, -0.2) is 38.0 Å². The predicted octanol–water partition coefficient (Wildman–Crippen LogP) is 3.19. The lowest BCUT2D eigenvalue weighted by Gasteiger charge is -2.30. The second kappa shape index (κ2) is 9.65. The van der Waals surface area contributed by atoms with Gasteiger partial charge in [0.05, 0.1) is 12.1 Å². The molecule has 2 amide bonds. The van der Waals surface area contributed by atoms with Crippen molar-refractivity contribution in [2.75, 3.05) is 6.54 Å². The molecule has 1 aliphatic heterocycles. The van der Waals surface area contributed by atoms with E-state index in [1.54, 1.807) is 16.0 Å². The number of carbonyl (C=O) groups excluding carboxylic acids is 2. The third-order valence-electron chi connectivity index (χ3n) is 5.95. The standard InChI is InChI=1S/C24H29N5O2S/c1-4-5-19-11-22(28(3)27-19)24(31)29-8-6-20-18(14-29)12-25-16(2)21(20)13-26-23(30)10-17-7-9-32-15-17/h7,9,11-12,15H,4-6,8,10,13-14H2,1-3H3,(H,26,30). The van der Waals surface area contributed by atoms with E-state index in [0.717, 1.165) is 47.3 Å². The van der Waals surface area contributed by atoms with Crippen LogP contribution < -0.4 is 5.32 Å². The Morgan fingerprint density at radius 2 is 2.16 bits per heavy atom. The summed E-state index contributed by atoms with van der Waals surface area (Å²) in [7, 11) is 1.83. The molecule has 3 aromatic heterocycles. The summed E-state index contributed by atoms with van der Waals surface area (Å²) < 4.78 is 1.69. The molecule has 0 saturated heterocycles. The molecule has 4 rings (SSSR count). The van der Waals surface area contributed by atoms with E-state index >= 15 is 0 Å². The number of nitrogens with one attached hydrogen (secondary N) is 1. The molecule has 0 aliphatic carbocycles. The smallest absolute Gasteiger partial charge is 0.272 e. The monoisotopic (exact) mass is 451 g/mol. The molecule has 0 fully saturated rings. The van der Waals surface area contributed by atoms with Crippen molar-refractivity contribution in [2.24, 2.45) is 7.05 Å². The number of aryl methyl sites for hydroxylation is 3. The lowest BCUT2D eigenvalue weighted by Crippen LogP contribution is -2.38. The highest BCUT2D eigenvalue weighted by Gasteiger charge is 2.26. The van der Waals surface area contributed by atoms with Gasteiger partial charge in [-0.3, -0.25) is 19.3 Å². The van der Waals surface area contributed by atoms with E-state index in [4.69, 9.17) is 0 Å². The lowest BCUT2D eigenvalue weighted by molar-refractivity contribution is -0.120. The molecule has 0 spiro atoms. The van der Waals surface area contributed by atoms with Gasteiger partial charge in [0.15, 0.2) is 0 Å². The molecule has 1 aliphatic rings. The van der Waals surface area contributed by atoms with E-state index in [1.165, 1.54) is 5.56 Å². The molecule has 168 valence electrons. The van der Waals surface area contributed by atoms with Crippen molar-refractivity contribution in [3.63, 3.8) is 0 Å². The van der Waals surface area contributed by atoms with E-state index in [1.807, 2.05) is 48.0 Å². The minimum atomic E-state index is -0.000747. The lowest BCUT2D eigenvalue weighted by atomic mass is 9.94. The molecular weight excluding hydrogens is 422 g/mol. The van der Waals surface area contributed by atoms with Gasteiger partial charge in [-0.05, 0) is 64.9 Å². The zero-order chi connectivity index (χ0) is 22.7. The number of hydrogen-bond donors (Lipinski definition) is 1. The van der Waals surface area contributed by atoms with Crippen LogP contribution in [0.5, 0.6) is 0 Å². The molecule has 1 N–H and O–H groups in total. The molecular formula is C24H29N5O2S. The highest BCUT2D eigenvalue weighted by Crippen LogP contribution is 2.25. The summed E-state index contributed by atoms with van der Waals surface area (Å²) in [6, 6.07) is 3.88. The molecule has 0 aromatic carbocycles. The Labute approximate surface area is 192 Å². The number of amides is 2. The first kappa shape index (κ1) is 22.2. The van der Waals surface area contributed by atoms with Gasteiger partial charge < -0.3 is 10.2 Å². The average Bonchev–Trinajstić information content (AvgIpc) is 3.42. The fourth-order valence-corrected chi connectivity index (χ4v) is 4.89. The molecule has 0 saturated carbocycles. The number of nitrogens with zero attached hydrogens (tertiary/aromatic N) is 4. The maximum atomic E-state index is 13.2. The molecule has 3 aromatic rings. The van der Waals surface area contributed by atoms with Crippen molar-refractivity contribution in [3.8, 4) is 0 Å². The van der Waals surface area contributed by atoms with Crippen molar-refractivity contribution in [1.82, 2.24) is 25.0 Å². The first-order chi connectivity index (χ1) is 15.5. The second-order valence-corrected chi connectivity index (χ2v) is 9.06. The van der Waals surface area contributed by atoms with Gasteiger partial charge in [-0.2, -0.15) is 16.4 Å². The fraction of sp³-hybridized carbons (Fsp3) is 0.417. The number of rotatable bonds is 7. The largest absolute Gasteiger partial charge is 0.352 e. The zero-order valence-electron chi connectivity index (χ0n) is 18.9. The number of carbonyl (C=O) groups is 2. The van der Waals surface area contributed by atoms with E-state index in [0.29, 0.717) is 31.7 Å². The van der Waals surface area contributed by atoms with Crippen LogP contribution in [0.1, 0.15) is 57.5 Å². The Hall–Kier alpha value is -3.00. The molecule has 0 bridgehead atoms. The number of thiophene rings is 1. The topological polar surface area (TPSA) is 80.1 Å². The van der Waals surface area contributed by atoms with Crippen LogP contribution in [0.3, 0.4) is 0 Å². The van der Waals surface area contributed by atoms with E-state index in [-0.39, 0.29) is 11.8 Å². The quantitative estimate of drug-likeness (QED) is 0.598. The Bertz CT molecular complexity index is 1120. The van der Waals surface area contributed by atoms with Crippen molar-refractivity contribution >= 4 is 23.2 Å². The average molecular weight is 452 g/mol. The summed E-state index contributed by atoms with van der Waals surface area (Å²) in [6.45, 7) is 5.70. The minimum Gasteiger partial charge on any atom is -0.352 e. The first-order valence-electron chi connectivity index (χ1n) is 11.0. The van der Waals surface area contributed by atoms with Crippen molar-refractivity contribution < 1.29 is 9.59 Å². The number of fused-ring (bicyclic) bond motifs is 1. The van der Waals surface area contributed by atoms with Crippen molar-refractivity contribution in [3.05, 3.63) is 68.4 Å². The third-order valence-corrected chi connectivity index (χ3v) is 6.68. The third kappa shape index (κ3) is 4.75. The number of aromatic nitrogens is 3. The van der Waals surface area contributed by atoms with Crippen LogP contribution in [-0.2, 0) is 44.2 Å². The van der Waals surface area contributed by atoms with Crippen LogP contribution in [0.15, 0.2) is 29.1 Å². The maximum absolute atomic E-state index is 13.2. The summed E-state index contributed by atoms with van der Waals surface area (Å²) >= 11 is 1.59. The summed E-state index contributed by atoms with van der Waals surface area (Å²) in [6.07, 6.45) is 4.87. The van der Waals surface area contributed by atoms with Crippen LogP contribution in [0.25, 0.3) is 0 Å². The number of hydrogen-bond acceptors (Lipinski definition) is 5. The van der Waals surface area contributed by atoms with E-state index < -0.39 is 0 Å². The van der Waals surface area contributed by atoms with Crippen LogP contribution >= 0.6 is 11.3 Å². The highest BCUT2D eigenvalue weighted by atomic mass is 32.1. The zero-order valence-corrected chi connectivity index (χ0v) is 19.7. The van der Waals surface area contributed by atoms with Crippen LogP contribution in [0, 0.1) is 6.92 Å². The van der Waals surface area contributed by atoms with Gasteiger partial charge in [0.1, 0.15) is 5.69 Å². The van der Waals surface area contributed by atoms with Crippen LogP contribution in [0.4, 0.5) is 0 Å². The molecule has 4 heterocycles. The summed E-state index contributed by atoms with van der Waals surface area (Å²) in [5.74, 6) is 0.00584. The van der Waals surface area contributed by atoms with Crippen molar-refractivity contribution in [1.29, 1.82) is 0 Å². The molecule has 8 heteroatoms. The van der Waals surface area contributed by atoms with Gasteiger partial charge in [-0.25, -0.2) is 0 Å². The Balaban J connectivity index is 1.46. The van der Waals surface area contributed by atoms with Crippen LogP contribution in [0.2, 0.25) is 0 Å². The summed E-state index contributed by atoms with van der Waals surface area (Å²) in [5.41, 5.74) is 6.85. The Morgan fingerprint density at radius 3 is 2.91 bits per heavy atom. The Morgan fingerprint density at radius 1 is 1.31 bits per heavy atom. The highest BCUT2D eigenvalue weighted by molar-refractivity contribution is 7.08. The van der Waals surface area contributed by atoms with Gasteiger partial charge >= 0.3 is 0 Å². The second-order valence-electron chi connectivity index (χ2n) is 8.28. The van der Waals surface area contributed by atoms with Gasteiger partial charge in [-0.15, -0.1) is 0 Å². The predicted molar refractivity (Wildman–Crippen MR) is 124 cm³/mol.